The first kappa shape index (κ1) is 27.7. The summed E-state index contributed by atoms with van der Waals surface area (Å²) < 4.78 is 0. The molecule has 6 aromatic carbocycles. The molecule has 0 saturated heterocycles. The maximum Gasteiger partial charge on any atom is 0.164 e. The second-order valence-corrected chi connectivity index (χ2v) is 14.6. The minimum atomic E-state index is 0.360. The summed E-state index contributed by atoms with van der Waals surface area (Å²) in [7, 11) is 0. The summed E-state index contributed by atoms with van der Waals surface area (Å²) >= 11 is 0. The van der Waals surface area contributed by atoms with Gasteiger partial charge in [-0.25, -0.2) is 15.0 Å². The van der Waals surface area contributed by atoms with Crippen LogP contribution in [0, 0.1) is 29.1 Å². The van der Waals surface area contributed by atoms with Crippen LogP contribution in [0.3, 0.4) is 0 Å². The zero-order valence-electron chi connectivity index (χ0n) is 26.7. The van der Waals surface area contributed by atoms with Gasteiger partial charge in [0.05, 0.1) is 11.6 Å². The van der Waals surface area contributed by atoms with Gasteiger partial charge in [-0.1, -0.05) is 97.1 Å². The minimum absolute atomic E-state index is 0.360. The van der Waals surface area contributed by atoms with Crippen molar-refractivity contribution in [2.75, 3.05) is 0 Å². The molecule has 48 heavy (non-hydrogen) atoms. The van der Waals surface area contributed by atoms with Crippen molar-refractivity contribution in [1.82, 2.24) is 15.0 Å². The highest BCUT2D eigenvalue weighted by atomic mass is 15.0. The van der Waals surface area contributed by atoms with E-state index < -0.39 is 0 Å². The monoisotopic (exact) mass is 618 g/mol. The van der Waals surface area contributed by atoms with Gasteiger partial charge < -0.3 is 0 Å². The second-order valence-electron chi connectivity index (χ2n) is 14.6. The lowest BCUT2D eigenvalue weighted by Crippen LogP contribution is -2.48. The predicted molar refractivity (Wildman–Crippen MR) is 193 cm³/mol. The van der Waals surface area contributed by atoms with E-state index in [1.54, 1.807) is 0 Å². The topological polar surface area (TPSA) is 62.5 Å². The lowest BCUT2D eigenvalue weighted by Gasteiger charge is -2.57. The summed E-state index contributed by atoms with van der Waals surface area (Å²) in [5.74, 6) is 4.77. The Hall–Kier alpha value is -5.40. The van der Waals surface area contributed by atoms with E-state index in [1.807, 2.05) is 30.3 Å². The molecular formula is C44H34N4. The van der Waals surface area contributed by atoms with Crippen molar-refractivity contribution in [3.63, 3.8) is 0 Å². The molecule has 4 heteroatoms. The number of nitriles is 1. The Labute approximate surface area is 280 Å². The lowest BCUT2D eigenvalue weighted by atomic mass is 9.48. The summed E-state index contributed by atoms with van der Waals surface area (Å²) in [6.07, 6.45) is 8.43. The number of nitrogens with zero attached hydrogens (tertiary/aromatic N) is 4. The Morgan fingerprint density at radius 2 is 0.958 bits per heavy atom. The highest BCUT2D eigenvalue weighted by molar-refractivity contribution is 6.25. The molecule has 0 radical (unpaired) electrons. The van der Waals surface area contributed by atoms with E-state index in [-0.39, 0.29) is 0 Å². The molecule has 4 aliphatic rings. The third kappa shape index (κ3) is 4.38. The fourth-order valence-electron chi connectivity index (χ4n) is 9.95. The molecule has 4 fully saturated rings. The van der Waals surface area contributed by atoms with Crippen LogP contribution < -0.4 is 0 Å². The van der Waals surface area contributed by atoms with E-state index in [0.29, 0.717) is 28.5 Å². The maximum atomic E-state index is 9.67. The normalized spacial score (nSPS) is 22.8. The first-order valence-electron chi connectivity index (χ1n) is 17.3. The molecule has 4 aliphatic carbocycles. The quantitative estimate of drug-likeness (QED) is 0.184. The largest absolute Gasteiger partial charge is 0.208 e. The molecule has 0 spiro atoms. The van der Waals surface area contributed by atoms with Crippen molar-refractivity contribution in [3.8, 4) is 40.2 Å². The van der Waals surface area contributed by atoms with Crippen molar-refractivity contribution in [2.24, 2.45) is 17.8 Å². The Balaban J connectivity index is 1.12. The molecule has 0 unspecified atom stereocenters. The van der Waals surface area contributed by atoms with Gasteiger partial charge in [-0.3, -0.25) is 0 Å². The molecule has 0 N–H and O–H groups in total. The lowest BCUT2D eigenvalue weighted by molar-refractivity contribution is -0.00518. The van der Waals surface area contributed by atoms with Crippen LogP contribution in [0.1, 0.15) is 49.7 Å². The average molecular weight is 619 g/mol. The van der Waals surface area contributed by atoms with Crippen LogP contribution in [0.15, 0.2) is 115 Å². The van der Waals surface area contributed by atoms with Crippen LogP contribution in [0.4, 0.5) is 0 Å². The third-order valence-corrected chi connectivity index (χ3v) is 11.7. The molecule has 0 aliphatic heterocycles. The smallest absolute Gasteiger partial charge is 0.164 e. The SMILES string of the molecule is N#Cc1ccc2c(c1)c1ccccc1c1ccc(-c3nc(-c4ccccc4)nc(-c4ccc(C56C[C@H]7C[C@@H](C5)C[C@@H](C6)C7)cc4)n3)cc12. The Morgan fingerprint density at radius 1 is 0.479 bits per heavy atom. The highest BCUT2D eigenvalue weighted by Crippen LogP contribution is 2.60. The Bertz CT molecular complexity index is 2400. The van der Waals surface area contributed by atoms with Crippen molar-refractivity contribution >= 4 is 32.3 Å². The van der Waals surface area contributed by atoms with Gasteiger partial charge in [0.25, 0.3) is 0 Å². The summed E-state index contributed by atoms with van der Waals surface area (Å²) in [4.78, 5) is 15.2. The second kappa shape index (κ2) is 10.6. The van der Waals surface area contributed by atoms with E-state index in [1.165, 1.54) is 54.9 Å². The summed E-state index contributed by atoms with van der Waals surface area (Å²) in [6.45, 7) is 0. The van der Waals surface area contributed by atoms with E-state index in [9.17, 15) is 5.26 Å². The van der Waals surface area contributed by atoms with Gasteiger partial charge in [-0.15, -0.1) is 0 Å². The number of fused-ring (bicyclic) bond motifs is 6. The zero-order chi connectivity index (χ0) is 31.8. The van der Waals surface area contributed by atoms with Crippen LogP contribution in [-0.4, -0.2) is 15.0 Å². The van der Waals surface area contributed by atoms with Crippen LogP contribution in [-0.2, 0) is 5.41 Å². The van der Waals surface area contributed by atoms with Gasteiger partial charge in [-0.2, -0.15) is 5.26 Å². The molecule has 4 saturated carbocycles. The van der Waals surface area contributed by atoms with Crippen molar-refractivity contribution in [1.29, 1.82) is 5.26 Å². The van der Waals surface area contributed by atoms with E-state index in [2.05, 4.69) is 91.0 Å². The molecular weight excluding hydrogens is 585 g/mol. The van der Waals surface area contributed by atoms with Crippen LogP contribution in [0.5, 0.6) is 0 Å². The van der Waals surface area contributed by atoms with E-state index >= 15 is 0 Å². The molecule has 0 atom stereocenters. The minimum Gasteiger partial charge on any atom is -0.208 e. The molecule has 0 amide bonds. The van der Waals surface area contributed by atoms with Crippen molar-refractivity contribution < 1.29 is 0 Å². The molecule has 4 bridgehead atoms. The molecule has 1 aromatic heterocycles. The van der Waals surface area contributed by atoms with Gasteiger partial charge in [0, 0.05) is 16.7 Å². The van der Waals surface area contributed by atoms with Gasteiger partial charge in [0.1, 0.15) is 0 Å². The molecule has 11 rings (SSSR count). The van der Waals surface area contributed by atoms with E-state index in [0.717, 1.165) is 56.0 Å². The first-order valence-corrected chi connectivity index (χ1v) is 17.3. The summed E-state index contributed by atoms with van der Waals surface area (Å²) in [5, 5.41) is 16.5. The Kier molecular flexibility index (Phi) is 6.09. The van der Waals surface area contributed by atoms with Gasteiger partial charge in [0.2, 0.25) is 0 Å². The molecule has 4 nitrogen and oxygen atoms in total. The van der Waals surface area contributed by atoms with E-state index in [4.69, 9.17) is 15.0 Å². The van der Waals surface area contributed by atoms with Gasteiger partial charge in [-0.05, 0) is 118 Å². The van der Waals surface area contributed by atoms with Crippen LogP contribution in [0.25, 0.3) is 66.5 Å². The first-order chi connectivity index (χ1) is 23.6. The average Bonchev–Trinajstić information content (AvgIpc) is 3.14. The molecule has 1 heterocycles. The van der Waals surface area contributed by atoms with Crippen molar-refractivity contribution in [3.05, 3.63) is 126 Å². The number of rotatable bonds is 4. The number of aromatic nitrogens is 3. The highest BCUT2D eigenvalue weighted by Gasteiger charge is 2.51. The zero-order valence-corrected chi connectivity index (χ0v) is 26.7. The van der Waals surface area contributed by atoms with Crippen LogP contribution >= 0.6 is 0 Å². The molecule has 7 aromatic rings. The summed E-state index contributed by atoms with van der Waals surface area (Å²) in [6, 6.07) is 42.7. The number of hydrogen-bond acceptors (Lipinski definition) is 4. The third-order valence-electron chi connectivity index (χ3n) is 11.7. The predicted octanol–water partition coefficient (Wildman–Crippen LogP) is 10.7. The fourth-order valence-corrected chi connectivity index (χ4v) is 9.95. The van der Waals surface area contributed by atoms with Crippen LogP contribution in [0.2, 0.25) is 0 Å². The van der Waals surface area contributed by atoms with Crippen molar-refractivity contribution in [2.45, 2.75) is 43.9 Å². The molecule has 230 valence electrons. The fraction of sp³-hybridized carbons (Fsp3) is 0.227. The standard InChI is InChI=1S/C44H34N4/c45-26-27-10-16-38-39(21-27)36-9-5-4-8-35(36)37-17-13-33(22-40(37)38)43-47-41(31-6-2-1-3-7-31)46-42(48-43)32-11-14-34(15-12-32)44-23-28-18-29(24-44)20-30(19-28)25-44/h1-17,21-22,28-30H,18-20,23-25H2/t28-,29+,30-,44?. The van der Waals surface area contributed by atoms with Gasteiger partial charge in [0.15, 0.2) is 17.5 Å². The number of benzene rings is 6. The van der Waals surface area contributed by atoms with Gasteiger partial charge >= 0.3 is 0 Å². The number of hydrogen-bond donors (Lipinski definition) is 0. The Morgan fingerprint density at radius 3 is 1.60 bits per heavy atom. The maximum absolute atomic E-state index is 9.67. The summed E-state index contributed by atoms with van der Waals surface area (Å²) in [5.41, 5.74) is 5.45.